The molecule has 1 amide bonds. The lowest BCUT2D eigenvalue weighted by Gasteiger charge is -2.17. The van der Waals surface area contributed by atoms with Gasteiger partial charge >= 0.3 is 6.36 Å². The van der Waals surface area contributed by atoms with Crippen LogP contribution in [0.3, 0.4) is 0 Å². The number of aryl methyl sites for hydroxylation is 2. The molecular formula is C13H12F3NO3. The zero-order valence-electron chi connectivity index (χ0n) is 10.9. The number of hydrogen-bond acceptors (Lipinski definition) is 3. The Kier molecular flexibility index (Phi) is 3.56. The number of rotatable bonds is 3. The molecule has 0 atom stereocenters. The van der Waals surface area contributed by atoms with Crippen molar-refractivity contribution in [1.82, 2.24) is 0 Å². The van der Waals surface area contributed by atoms with Crippen molar-refractivity contribution in [2.45, 2.75) is 20.2 Å². The van der Waals surface area contributed by atoms with Crippen molar-refractivity contribution >= 4 is 17.4 Å². The number of halogens is 3. The molecule has 108 valence electrons. The average Bonchev–Trinajstić information content (AvgIpc) is 2.52. The van der Waals surface area contributed by atoms with Crippen LogP contribution in [0.1, 0.15) is 21.5 Å². The topological polar surface area (TPSA) is 46.6 Å². The van der Waals surface area contributed by atoms with Gasteiger partial charge in [-0.3, -0.25) is 14.3 Å². The van der Waals surface area contributed by atoms with E-state index in [4.69, 9.17) is 0 Å². The normalized spacial score (nSPS) is 14.9. The zero-order valence-corrected chi connectivity index (χ0v) is 10.9. The largest absolute Gasteiger partial charge is 0.522 e. The molecule has 0 radical (unpaired) electrons. The predicted octanol–water partition coefficient (Wildman–Crippen LogP) is 2.37. The van der Waals surface area contributed by atoms with Gasteiger partial charge in [0.25, 0.3) is 11.7 Å². The van der Waals surface area contributed by atoms with Gasteiger partial charge in [-0.15, -0.1) is 13.2 Å². The van der Waals surface area contributed by atoms with Crippen LogP contribution in [-0.4, -0.2) is 31.2 Å². The van der Waals surface area contributed by atoms with E-state index in [-0.39, 0.29) is 12.1 Å². The third kappa shape index (κ3) is 2.67. The first kappa shape index (κ1) is 14.5. The summed E-state index contributed by atoms with van der Waals surface area (Å²) in [6, 6.07) is 3.36. The maximum absolute atomic E-state index is 11.9. The Balaban J connectivity index is 2.25. The van der Waals surface area contributed by atoms with Crippen LogP contribution < -0.4 is 4.90 Å². The molecule has 0 saturated heterocycles. The molecule has 7 heteroatoms. The van der Waals surface area contributed by atoms with Crippen LogP contribution in [0.2, 0.25) is 0 Å². The molecule has 0 N–H and O–H groups in total. The second kappa shape index (κ2) is 4.90. The molecule has 0 fully saturated rings. The average molecular weight is 287 g/mol. The summed E-state index contributed by atoms with van der Waals surface area (Å²) in [7, 11) is 0. The molecule has 0 saturated carbocycles. The van der Waals surface area contributed by atoms with Crippen molar-refractivity contribution in [2.24, 2.45) is 0 Å². The molecule has 1 aromatic carbocycles. The number of anilines is 1. The van der Waals surface area contributed by atoms with Gasteiger partial charge < -0.3 is 4.90 Å². The molecule has 2 rings (SSSR count). The van der Waals surface area contributed by atoms with Gasteiger partial charge in [-0.2, -0.15) is 0 Å². The number of carbonyl (C=O) groups excluding carboxylic acids is 2. The predicted molar refractivity (Wildman–Crippen MR) is 64.6 cm³/mol. The van der Waals surface area contributed by atoms with Crippen LogP contribution in [-0.2, 0) is 9.53 Å². The molecule has 0 aliphatic carbocycles. The van der Waals surface area contributed by atoms with Crippen LogP contribution >= 0.6 is 0 Å². The van der Waals surface area contributed by atoms with E-state index in [1.807, 2.05) is 0 Å². The highest BCUT2D eigenvalue weighted by molar-refractivity contribution is 6.52. The monoisotopic (exact) mass is 287 g/mol. The summed E-state index contributed by atoms with van der Waals surface area (Å²) in [6.45, 7) is 2.44. The van der Waals surface area contributed by atoms with Gasteiger partial charge in [0.1, 0.15) is 0 Å². The number of amides is 1. The third-order valence-corrected chi connectivity index (χ3v) is 3.00. The molecule has 0 unspecified atom stereocenters. The second-order valence-corrected chi connectivity index (χ2v) is 4.56. The Hall–Kier alpha value is -1.89. The first-order valence-electron chi connectivity index (χ1n) is 5.89. The molecule has 20 heavy (non-hydrogen) atoms. The fourth-order valence-corrected chi connectivity index (χ4v) is 2.27. The minimum absolute atomic E-state index is 0.257. The van der Waals surface area contributed by atoms with Crippen LogP contribution in [0.5, 0.6) is 0 Å². The minimum atomic E-state index is -4.75. The van der Waals surface area contributed by atoms with Gasteiger partial charge in [-0.25, -0.2) is 0 Å². The summed E-state index contributed by atoms with van der Waals surface area (Å²) in [6.07, 6.45) is -4.75. The van der Waals surface area contributed by atoms with Gasteiger partial charge in [-0.05, 0) is 31.0 Å². The van der Waals surface area contributed by atoms with Crippen LogP contribution in [0.15, 0.2) is 12.1 Å². The number of alkyl halides is 3. The number of nitrogens with zero attached hydrogens (tertiary/aromatic N) is 1. The summed E-state index contributed by atoms with van der Waals surface area (Å²) < 4.78 is 39.4. The van der Waals surface area contributed by atoms with Crippen molar-refractivity contribution in [1.29, 1.82) is 0 Å². The summed E-state index contributed by atoms with van der Waals surface area (Å²) >= 11 is 0. The Morgan fingerprint density at radius 1 is 1.20 bits per heavy atom. The highest BCUT2D eigenvalue weighted by Gasteiger charge is 2.38. The van der Waals surface area contributed by atoms with E-state index in [2.05, 4.69) is 4.74 Å². The lowest BCUT2D eigenvalue weighted by Crippen LogP contribution is -2.34. The molecule has 1 aromatic rings. The number of carbonyl (C=O) groups is 2. The summed E-state index contributed by atoms with van der Waals surface area (Å²) in [5, 5.41) is 0. The number of Topliss-reactive ketones (excluding diaryl/α,β-unsaturated/α-hetero) is 1. The second-order valence-electron chi connectivity index (χ2n) is 4.56. The maximum Gasteiger partial charge on any atom is 0.522 e. The van der Waals surface area contributed by atoms with E-state index in [0.29, 0.717) is 11.3 Å². The molecule has 4 nitrogen and oxygen atoms in total. The van der Waals surface area contributed by atoms with Gasteiger partial charge in [0.15, 0.2) is 0 Å². The molecule has 0 spiro atoms. The first-order chi connectivity index (χ1) is 9.20. The smallest absolute Gasteiger partial charge is 0.302 e. The van der Waals surface area contributed by atoms with E-state index < -0.39 is 24.7 Å². The lowest BCUT2D eigenvalue weighted by molar-refractivity contribution is -0.323. The maximum atomic E-state index is 11.9. The van der Waals surface area contributed by atoms with Crippen molar-refractivity contribution in [3.05, 3.63) is 28.8 Å². The molecular weight excluding hydrogens is 275 g/mol. The van der Waals surface area contributed by atoms with Gasteiger partial charge in [-0.1, -0.05) is 6.07 Å². The molecule has 0 bridgehead atoms. The SMILES string of the molecule is Cc1cc(C)c2c(c1)N(CCOC(F)(F)F)C(=O)C2=O. The van der Waals surface area contributed by atoms with E-state index in [9.17, 15) is 22.8 Å². The number of hydrogen-bond donors (Lipinski definition) is 0. The highest BCUT2D eigenvalue weighted by Crippen LogP contribution is 2.32. The number of benzene rings is 1. The molecule has 1 aliphatic rings. The first-order valence-corrected chi connectivity index (χ1v) is 5.89. The highest BCUT2D eigenvalue weighted by atomic mass is 19.4. The standard InChI is InChI=1S/C13H12F3NO3/c1-7-5-8(2)10-9(6-7)17(12(19)11(10)18)3-4-20-13(14,15)16/h5-6H,3-4H2,1-2H3. The fourth-order valence-electron chi connectivity index (χ4n) is 2.27. The van der Waals surface area contributed by atoms with E-state index >= 15 is 0 Å². The number of ketones is 1. The Bertz CT molecular complexity index is 581. The number of fused-ring (bicyclic) bond motifs is 1. The van der Waals surface area contributed by atoms with Gasteiger partial charge in [0.2, 0.25) is 0 Å². The summed E-state index contributed by atoms with van der Waals surface area (Å²) in [5.41, 5.74) is 2.07. The van der Waals surface area contributed by atoms with Crippen molar-refractivity contribution < 1.29 is 27.5 Å². The minimum Gasteiger partial charge on any atom is -0.302 e. The molecule has 0 aromatic heterocycles. The van der Waals surface area contributed by atoms with Crippen molar-refractivity contribution in [3.63, 3.8) is 0 Å². The zero-order chi connectivity index (χ0) is 15.1. The van der Waals surface area contributed by atoms with E-state index in [1.165, 1.54) is 0 Å². The van der Waals surface area contributed by atoms with Crippen LogP contribution in [0, 0.1) is 13.8 Å². The van der Waals surface area contributed by atoms with Crippen LogP contribution in [0.4, 0.5) is 18.9 Å². The lowest BCUT2D eigenvalue weighted by atomic mass is 10.0. The van der Waals surface area contributed by atoms with Crippen LogP contribution in [0.25, 0.3) is 0 Å². The van der Waals surface area contributed by atoms with Gasteiger partial charge in [0, 0.05) is 0 Å². The van der Waals surface area contributed by atoms with E-state index in [1.54, 1.807) is 26.0 Å². The molecule has 1 heterocycles. The summed E-state index contributed by atoms with van der Waals surface area (Å²) in [4.78, 5) is 24.7. The fraction of sp³-hybridized carbons (Fsp3) is 0.385. The van der Waals surface area contributed by atoms with E-state index in [0.717, 1.165) is 10.5 Å². The van der Waals surface area contributed by atoms with Crippen molar-refractivity contribution in [3.8, 4) is 0 Å². The Morgan fingerprint density at radius 2 is 1.85 bits per heavy atom. The summed E-state index contributed by atoms with van der Waals surface area (Å²) in [5.74, 6) is -1.51. The quantitative estimate of drug-likeness (QED) is 0.802. The Morgan fingerprint density at radius 3 is 2.45 bits per heavy atom. The number of ether oxygens (including phenoxy) is 1. The Labute approximate surface area is 113 Å². The van der Waals surface area contributed by atoms with Crippen molar-refractivity contribution in [2.75, 3.05) is 18.1 Å². The molecule has 1 aliphatic heterocycles. The third-order valence-electron chi connectivity index (χ3n) is 3.00. The van der Waals surface area contributed by atoms with Gasteiger partial charge in [0.05, 0.1) is 24.4 Å².